The number of nitrogens with zero attached hydrogens (tertiary/aromatic N) is 3. The predicted molar refractivity (Wildman–Crippen MR) is 134 cm³/mol. The molecule has 0 aliphatic rings. The van der Waals surface area contributed by atoms with Crippen LogP contribution in [0.3, 0.4) is 0 Å². The number of thioether (sulfide) groups is 1. The highest BCUT2D eigenvalue weighted by atomic mass is 35.5. The highest BCUT2D eigenvalue weighted by Gasteiger charge is 2.18. The lowest BCUT2D eigenvalue weighted by Crippen LogP contribution is -2.29. The third-order valence-corrected chi connectivity index (χ3v) is 6.58. The lowest BCUT2D eigenvalue weighted by atomic mass is 10.1. The Morgan fingerprint density at radius 1 is 1.15 bits per heavy atom. The van der Waals surface area contributed by atoms with Crippen LogP contribution in [0.1, 0.15) is 24.1 Å². The maximum absolute atomic E-state index is 13.3. The average molecular weight is 499 g/mol. The number of carbonyl (C=O) groups is 1. The van der Waals surface area contributed by atoms with E-state index in [1.54, 1.807) is 42.6 Å². The molecule has 2 heterocycles. The van der Waals surface area contributed by atoms with Gasteiger partial charge in [0.05, 0.1) is 22.7 Å². The zero-order chi connectivity index (χ0) is 23.5. The third-order valence-electron chi connectivity index (χ3n) is 5.08. The van der Waals surface area contributed by atoms with Gasteiger partial charge >= 0.3 is 0 Å². The summed E-state index contributed by atoms with van der Waals surface area (Å²) < 4.78 is 1.47. The molecule has 0 bridgehead atoms. The minimum absolute atomic E-state index is 0.0617. The molecule has 0 aliphatic heterocycles. The van der Waals surface area contributed by atoms with E-state index in [1.165, 1.54) is 16.3 Å². The number of fused-ring (bicyclic) bond motifs is 1. The number of nitrogens with one attached hydrogen (secondary N) is 1. The Hall–Kier alpha value is -2.87. The van der Waals surface area contributed by atoms with Crippen LogP contribution in [0.25, 0.3) is 16.7 Å². The topological polar surface area (TPSA) is 76.9 Å². The van der Waals surface area contributed by atoms with E-state index < -0.39 is 0 Å². The summed E-state index contributed by atoms with van der Waals surface area (Å²) in [5.41, 5.74) is 1.93. The molecule has 0 radical (unpaired) electrons. The second-order valence-electron chi connectivity index (χ2n) is 7.44. The number of pyridine rings is 1. The van der Waals surface area contributed by atoms with Gasteiger partial charge in [0.2, 0.25) is 5.91 Å². The van der Waals surface area contributed by atoms with Gasteiger partial charge in [-0.2, -0.15) is 0 Å². The molecule has 0 spiro atoms. The van der Waals surface area contributed by atoms with E-state index in [1.807, 2.05) is 32.0 Å². The molecule has 6 nitrogen and oxygen atoms in total. The maximum atomic E-state index is 13.3. The zero-order valence-electron chi connectivity index (χ0n) is 17.9. The molecule has 1 atom stereocenters. The van der Waals surface area contributed by atoms with Crippen molar-refractivity contribution in [2.24, 2.45) is 0 Å². The predicted octanol–water partition coefficient (Wildman–Crippen LogP) is 5.37. The standard InChI is InChI=1S/C24H20Cl2N4O2S/c1-14-6-5-11-27-22(14)30-23(32)18-7-3-4-8-20(18)29-24(30)33-13-21(31)28-15(2)17-10-9-16(25)12-19(17)26/h3-12,15H,13H2,1-2H3,(H,28,31). The van der Waals surface area contributed by atoms with E-state index in [9.17, 15) is 9.59 Å². The number of hydrogen-bond acceptors (Lipinski definition) is 5. The van der Waals surface area contributed by atoms with Gasteiger partial charge < -0.3 is 5.32 Å². The van der Waals surface area contributed by atoms with Crippen molar-refractivity contribution in [3.05, 3.63) is 92.3 Å². The van der Waals surface area contributed by atoms with Crippen LogP contribution in [0.5, 0.6) is 0 Å². The van der Waals surface area contributed by atoms with Crippen molar-refractivity contribution in [2.45, 2.75) is 25.0 Å². The molecule has 4 aromatic rings. The fourth-order valence-electron chi connectivity index (χ4n) is 3.45. The molecular weight excluding hydrogens is 479 g/mol. The van der Waals surface area contributed by atoms with Crippen LogP contribution in [0, 0.1) is 6.92 Å². The molecule has 0 fully saturated rings. The Bertz CT molecular complexity index is 1410. The summed E-state index contributed by atoms with van der Waals surface area (Å²) >= 11 is 13.4. The van der Waals surface area contributed by atoms with Crippen molar-refractivity contribution in [2.75, 3.05) is 5.75 Å². The van der Waals surface area contributed by atoms with Crippen molar-refractivity contribution in [3.8, 4) is 5.82 Å². The number of benzene rings is 2. The van der Waals surface area contributed by atoms with Crippen molar-refractivity contribution in [3.63, 3.8) is 0 Å². The van der Waals surface area contributed by atoms with E-state index in [-0.39, 0.29) is 23.3 Å². The Morgan fingerprint density at radius 3 is 2.70 bits per heavy atom. The largest absolute Gasteiger partial charge is 0.349 e. The van der Waals surface area contributed by atoms with Crippen molar-refractivity contribution >= 4 is 51.8 Å². The second kappa shape index (κ2) is 9.95. The van der Waals surface area contributed by atoms with E-state index in [0.717, 1.165) is 11.1 Å². The van der Waals surface area contributed by atoms with Gasteiger partial charge in [0.25, 0.3) is 5.56 Å². The third kappa shape index (κ3) is 5.05. The summed E-state index contributed by atoms with van der Waals surface area (Å²) in [5, 5.41) is 4.83. The van der Waals surface area contributed by atoms with Crippen molar-refractivity contribution < 1.29 is 4.79 Å². The first kappa shape index (κ1) is 23.3. The Labute approximate surface area is 205 Å². The van der Waals surface area contributed by atoms with Crippen LogP contribution in [-0.2, 0) is 4.79 Å². The van der Waals surface area contributed by atoms with Crippen LogP contribution in [-0.4, -0.2) is 26.2 Å². The fourth-order valence-corrected chi connectivity index (χ4v) is 4.83. The number of halogens is 2. The Kier molecular flexibility index (Phi) is 7.02. The number of hydrogen-bond donors (Lipinski definition) is 1. The van der Waals surface area contributed by atoms with Crippen molar-refractivity contribution in [1.29, 1.82) is 0 Å². The first-order chi connectivity index (χ1) is 15.8. The number of amides is 1. The molecule has 9 heteroatoms. The van der Waals surface area contributed by atoms with Gasteiger partial charge in [-0.25, -0.2) is 14.5 Å². The summed E-state index contributed by atoms with van der Waals surface area (Å²) in [4.78, 5) is 35.1. The maximum Gasteiger partial charge on any atom is 0.267 e. The highest BCUT2D eigenvalue weighted by molar-refractivity contribution is 7.99. The molecule has 33 heavy (non-hydrogen) atoms. The SMILES string of the molecule is Cc1cccnc1-n1c(SCC(=O)NC(C)c2ccc(Cl)cc2Cl)nc2ccccc2c1=O. The minimum atomic E-state index is -0.312. The molecular formula is C24H20Cl2N4O2S. The van der Waals surface area contributed by atoms with E-state index in [2.05, 4.69) is 15.3 Å². The lowest BCUT2D eigenvalue weighted by molar-refractivity contribution is -0.119. The number of aromatic nitrogens is 3. The van der Waals surface area contributed by atoms with E-state index >= 15 is 0 Å². The van der Waals surface area contributed by atoms with Gasteiger partial charge in [0, 0.05) is 16.2 Å². The zero-order valence-corrected chi connectivity index (χ0v) is 20.2. The monoisotopic (exact) mass is 498 g/mol. The fraction of sp³-hybridized carbons (Fsp3) is 0.167. The van der Waals surface area contributed by atoms with Gasteiger partial charge in [-0.1, -0.05) is 59.2 Å². The molecule has 0 aliphatic carbocycles. The Morgan fingerprint density at radius 2 is 1.94 bits per heavy atom. The van der Waals surface area contributed by atoms with Crippen LogP contribution in [0.15, 0.2) is 70.7 Å². The summed E-state index contributed by atoms with van der Waals surface area (Å²) in [6.45, 7) is 3.72. The minimum Gasteiger partial charge on any atom is -0.349 e. The molecule has 0 saturated carbocycles. The molecule has 2 aromatic carbocycles. The van der Waals surface area contributed by atoms with Gasteiger partial charge in [0.1, 0.15) is 5.82 Å². The number of carbonyl (C=O) groups excluding carboxylic acids is 1. The average Bonchev–Trinajstić information content (AvgIpc) is 2.78. The quantitative estimate of drug-likeness (QED) is 0.285. The lowest BCUT2D eigenvalue weighted by Gasteiger charge is -2.17. The second-order valence-corrected chi connectivity index (χ2v) is 9.23. The number of para-hydroxylation sites is 1. The van der Waals surface area contributed by atoms with Gasteiger partial charge in [0.15, 0.2) is 5.16 Å². The Balaban J connectivity index is 1.62. The molecule has 168 valence electrons. The molecule has 4 rings (SSSR count). The van der Waals surface area contributed by atoms with Crippen LogP contribution < -0.4 is 10.9 Å². The van der Waals surface area contributed by atoms with E-state index in [4.69, 9.17) is 23.2 Å². The smallest absolute Gasteiger partial charge is 0.267 e. The first-order valence-electron chi connectivity index (χ1n) is 10.2. The normalized spacial score (nSPS) is 12.0. The van der Waals surface area contributed by atoms with Crippen LogP contribution in [0.2, 0.25) is 10.0 Å². The summed E-state index contributed by atoms with van der Waals surface area (Å²) in [6.07, 6.45) is 1.63. The number of rotatable bonds is 6. The highest BCUT2D eigenvalue weighted by Crippen LogP contribution is 2.27. The van der Waals surface area contributed by atoms with Crippen LogP contribution >= 0.6 is 35.0 Å². The van der Waals surface area contributed by atoms with Gasteiger partial charge in [-0.05, 0) is 55.3 Å². The molecule has 1 N–H and O–H groups in total. The number of aryl methyl sites for hydroxylation is 1. The summed E-state index contributed by atoms with van der Waals surface area (Å²) in [7, 11) is 0. The molecule has 1 unspecified atom stereocenters. The summed E-state index contributed by atoms with van der Waals surface area (Å²) in [5.74, 6) is 0.335. The van der Waals surface area contributed by atoms with Crippen molar-refractivity contribution in [1.82, 2.24) is 19.9 Å². The van der Waals surface area contributed by atoms with Gasteiger partial charge in [-0.15, -0.1) is 0 Å². The van der Waals surface area contributed by atoms with Crippen LogP contribution in [0.4, 0.5) is 0 Å². The summed E-state index contributed by atoms with van der Waals surface area (Å²) in [6, 6.07) is 15.7. The molecule has 1 amide bonds. The molecule has 0 saturated heterocycles. The first-order valence-corrected chi connectivity index (χ1v) is 11.9. The van der Waals surface area contributed by atoms with E-state index in [0.29, 0.717) is 31.9 Å². The van der Waals surface area contributed by atoms with Gasteiger partial charge in [-0.3, -0.25) is 9.59 Å². The molecule has 2 aromatic heterocycles.